The summed E-state index contributed by atoms with van der Waals surface area (Å²) in [6.45, 7) is 1.19. The lowest BCUT2D eigenvalue weighted by molar-refractivity contribution is 0.0919. The van der Waals surface area contributed by atoms with Crippen LogP contribution in [0.1, 0.15) is 6.42 Å². The van der Waals surface area contributed by atoms with E-state index in [1.54, 1.807) is 7.11 Å². The number of halogens is 1. The van der Waals surface area contributed by atoms with Gasteiger partial charge < -0.3 is 25.0 Å². The van der Waals surface area contributed by atoms with Crippen molar-refractivity contribution < 1.29 is 19.7 Å². The van der Waals surface area contributed by atoms with Crippen molar-refractivity contribution in [1.29, 1.82) is 0 Å². The number of hydrogen-bond acceptors (Lipinski definition) is 5. The van der Waals surface area contributed by atoms with Crippen molar-refractivity contribution in [3.05, 3.63) is 28.7 Å². The van der Waals surface area contributed by atoms with Gasteiger partial charge in [0.1, 0.15) is 18.5 Å². The molecule has 0 amide bonds. The topological polar surface area (TPSA) is 71.0 Å². The molecular weight excluding hydrogens is 326 g/mol. The van der Waals surface area contributed by atoms with E-state index in [9.17, 15) is 5.11 Å². The van der Waals surface area contributed by atoms with Crippen LogP contribution >= 0.6 is 15.9 Å². The summed E-state index contributed by atoms with van der Waals surface area (Å²) in [6.07, 6.45) is -0.0282. The number of methoxy groups -OCH3 is 1. The van der Waals surface area contributed by atoms with Crippen LogP contribution in [0.3, 0.4) is 0 Å². The molecule has 0 radical (unpaired) electrons. The maximum Gasteiger partial charge on any atom is 0.120 e. The highest BCUT2D eigenvalue weighted by molar-refractivity contribution is 9.10. The average molecular weight is 348 g/mol. The molecule has 0 aromatic heterocycles. The Morgan fingerprint density at radius 3 is 2.80 bits per heavy atom. The predicted octanol–water partition coefficient (Wildman–Crippen LogP) is 1.18. The second-order valence-corrected chi connectivity index (χ2v) is 5.41. The van der Waals surface area contributed by atoms with Crippen molar-refractivity contribution in [2.75, 3.05) is 33.5 Å². The third kappa shape index (κ3) is 7.21. The molecule has 114 valence electrons. The largest absolute Gasteiger partial charge is 0.491 e. The average Bonchev–Trinajstić information content (AvgIpc) is 2.43. The van der Waals surface area contributed by atoms with Crippen molar-refractivity contribution in [2.45, 2.75) is 18.6 Å². The summed E-state index contributed by atoms with van der Waals surface area (Å²) in [5, 5.41) is 21.9. The Bertz CT molecular complexity index is 372. The summed E-state index contributed by atoms with van der Waals surface area (Å²) < 4.78 is 11.5. The number of benzene rings is 1. The first-order valence-corrected chi connectivity index (χ1v) is 7.34. The molecule has 0 heterocycles. The molecule has 0 aliphatic rings. The number of aliphatic hydroxyl groups is 2. The number of ether oxygens (including phenoxy) is 2. The Morgan fingerprint density at radius 2 is 2.15 bits per heavy atom. The molecule has 3 N–H and O–H groups in total. The van der Waals surface area contributed by atoms with Gasteiger partial charge >= 0.3 is 0 Å². The Labute approximate surface area is 128 Å². The number of hydrogen-bond donors (Lipinski definition) is 3. The summed E-state index contributed by atoms with van der Waals surface area (Å²) in [5.74, 6) is 0.710. The van der Waals surface area contributed by atoms with Crippen LogP contribution < -0.4 is 10.1 Å². The Morgan fingerprint density at radius 1 is 1.35 bits per heavy atom. The van der Waals surface area contributed by atoms with E-state index in [2.05, 4.69) is 21.2 Å². The SMILES string of the molecule is COCC(CCO)NCC(O)COc1cccc(Br)c1. The molecule has 20 heavy (non-hydrogen) atoms. The molecule has 0 saturated carbocycles. The van der Waals surface area contributed by atoms with Crippen LogP contribution in [-0.4, -0.2) is 55.8 Å². The molecule has 1 aromatic rings. The van der Waals surface area contributed by atoms with Crippen molar-refractivity contribution in [3.63, 3.8) is 0 Å². The molecular formula is C14H22BrNO4. The smallest absolute Gasteiger partial charge is 0.120 e. The highest BCUT2D eigenvalue weighted by Gasteiger charge is 2.11. The van der Waals surface area contributed by atoms with E-state index >= 15 is 0 Å². The van der Waals surface area contributed by atoms with E-state index in [4.69, 9.17) is 14.6 Å². The lowest BCUT2D eigenvalue weighted by Crippen LogP contribution is -2.40. The van der Waals surface area contributed by atoms with Crippen LogP contribution in [0.25, 0.3) is 0 Å². The van der Waals surface area contributed by atoms with E-state index < -0.39 is 6.10 Å². The van der Waals surface area contributed by atoms with Gasteiger partial charge in [-0.1, -0.05) is 22.0 Å². The number of aliphatic hydroxyl groups excluding tert-OH is 2. The van der Waals surface area contributed by atoms with Gasteiger partial charge in [-0.25, -0.2) is 0 Å². The Kier molecular flexibility index (Phi) is 8.80. The summed E-state index contributed by atoms with van der Waals surface area (Å²) in [5.41, 5.74) is 0. The van der Waals surface area contributed by atoms with Gasteiger partial charge in [0.15, 0.2) is 0 Å². The fraction of sp³-hybridized carbons (Fsp3) is 0.571. The van der Waals surface area contributed by atoms with Crippen molar-refractivity contribution >= 4 is 15.9 Å². The van der Waals surface area contributed by atoms with Crippen LogP contribution in [0.2, 0.25) is 0 Å². The summed E-state index contributed by atoms with van der Waals surface area (Å²) >= 11 is 3.36. The highest BCUT2D eigenvalue weighted by Crippen LogP contribution is 2.17. The van der Waals surface area contributed by atoms with Gasteiger partial charge in [0.25, 0.3) is 0 Å². The fourth-order valence-electron chi connectivity index (χ4n) is 1.71. The Balaban J connectivity index is 2.27. The van der Waals surface area contributed by atoms with Crippen molar-refractivity contribution in [1.82, 2.24) is 5.32 Å². The minimum absolute atomic E-state index is 0.0329. The van der Waals surface area contributed by atoms with Gasteiger partial charge in [0, 0.05) is 30.8 Å². The molecule has 2 unspecified atom stereocenters. The van der Waals surface area contributed by atoms with Gasteiger partial charge in [0.2, 0.25) is 0 Å². The third-order valence-corrected chi connectivity index (χ3v) is 3.22. The second-order valence-electron chi connectivity index (χ2n) is 4.49. The quantitative estimate of drug-likeness (QED) is 0.592. The first kappa shape index (κ1) is 17.4. The fourth-order valence-corrected chi connectivity index (χ4v) is 2.09. The molecule has 0 bridgehead atoms. The van der Waals surface area contributed by atoms with Gasteiger partial charge in [-0.05, 0) is 24.6 Å². The zero-order chi connectivity index (χ0) is 14.8. The van der Waals surface area contributed by atoms with E-state index in [1.807, 2.05) is 24.3 Å². The molecule has 0 saturated heterocycles. The molecule has 6 heteroatoms. The number of nitrogens with one attached hydrogen (secondary N) is 1. The van der Waals surface area contributed by atoms with Crippen LogP contribution in [0.5, 0.6) is 5.75 Å². The van der Waals surface area contributed by atoms with Crippen LogP contribution in [0, 0.1) is 0 Å². The van der Waals surface area contributed by atoms with E-state index in [0.29, 0.717) is 25.3 Å². The predicted molar refractivity (Wildman–Crippen MR) is 81.0 cm³/mol. The van der Waals surface area contributed by atoms with Gasteiger partial charge in [-0.3, -0.25) is 0 Å². The van der Waals surface area contributed by atoms with Crippen molar-refractivity contribution in [2.24, 2.45) is 0 Å². The highest BCUT2D eigenvalue weighted by atomic mass is 79.9. The molecule has 0 aliphatic heterocycles. The standard InChI is InChI=1S/C14H22BrNO4/c1-19-9-12(5-6-17)16-8-13(18)10-20-14-4-2-3-11(15)7-14/h2-4,7,12-13,16-18H,5-6,8-10H2,1H3. The van der Waals surface area contributed by atoms with E-state index in [0.717, 1.165) is 4.47 Å². The maximum atomic E-state index is 9.86. The third-order valence-electron chi connectivity index (χ3n) is 2.73. The van der Waals surface area contributed by atoms with Gasteiger partial charge in [-0.15, -0.1) is 0 Å². The minimum Gasteiger partial charge on any atom is -0.491 e. The normalized spacial score (nSPS) is 14.0. The second kappa shape index (κ2) is 10.1. The number of rotatable bonds is 10. The Hall–Kier alpha value is -0.660. The van der Waals surface area contributed by atoms with Gasteiger partial charge in [0.05, 0.1) is 6.61 Å². The summed E-state index contributed by atoms with van der Waals surface area (Å²) in [4.78, 5) is 0. The van der Waals surface area contributed by atoms with Crippen LogP contribution in [0.4, 0.5) is 0 Å². The van der Waals surface area contributed by atoms with E-state index in [-0.39, 0.29) is 19.3 Å². The molecule has 2 atom stereocenters. The zero-order valence-corrected chi connectivity index (χ0v) is 13.2. The monoisotopic (exact) mass is 347 g/mol. The van der Waals surface area contributed by atoms with E-state index in [1.165, 1.54) is 0 Å². The molecule has 1 rings (SSSR count). The lowest BCUT2D eigenvalue weighted by Gasteiger charge is -2.19. The van der Waals surface area contributed by atoms with Gasteiger partial charge in [-0.2, -0.15) is 0 Å². The van der Waals surface area contributed by atoms with Crippen molar-refractivity contribution in [3.8, 4) is 5.75 Å². The van der Waals surface area contributed by atoms with Crippen LogP contribution in [0.15, 0.2) is 28.7 Å². The molecule has 5 nitrogen and oxygen atoms in total. The zero-order valence-electron chi connectivity index (χ0n) is 11.6. The molecule has 0 fully saturated rings. The maximum absolute atomic E-state index is 9.86. The molecule has 0 aliphatic carbocycles. The first-order chi connectivity index (χ1) is 9.65. The molecule has 0 spiro atoms. The minimum atomic E-state index is -0.618. The lowest BCUT2D eigenvalue weighted by atomic mass is 10.2. The van der Waals surface area contributed by atoms with Crippen LogP contribution in [-0.2, 0) is 4.74 Å². The molecule has 1 aromatic carbocycles. The summed E-state index contributed by atoms with van der Waals surface area (Å²) in [7, 11) is 1.61. The first-order valence-electron chi connectivity index (χ1n) is 6.55. The summed E-state index contributed by atoms with van der Waals surface area (Å²) in [6, 6.07) is 7.50.